The number of anilines is 4. The summed E-state index contributed by atoms with van der Waals surface area (Å²) in [5, 5.41) is 2.16. The number of benzene rings is 7. The molecule has 7 aromatic carbocycles. The van der Waals surface area contributed by atoms with Gasteiger partial charge in [-0.2, -0.15) is 6.07 Å². The van der Waals surface area contributed by atoms with Gasteiger partial charge in [0.25, 0.3) is 0 Å². The van der Waals surface area contributed by atoms with Crippen LogP contribution in [0, 0.1) is 30.4 Å². The second-order valence-electron chi connectivity index (χ2n) is 23.7. The van der Waals surface area contributed by atoms with Crippen LogP contribution >= 0.6 is 0 Å². The Hall–Kier alpha value is -6.56. The Morgan fingerprint density at radius 3 is 1.83 bits per heavy atom. The summed E-state index contributed by atoms with van der Waals surface area (Å²) in [5.74, 6) is 1.44. The van der Waals surface area contributed by atoms with Crippen molar-refractivity contribution < 1.29 is 34.6 Å². The summed E-state index contributed by atoms with van der Waals surface area (Å²) >= 11 is 0. The maximum atomic E-state index is 15.6. The van der Waals surface area contributed by atoms with E-state index in [0.29, 0.717) is 23.0 Å². The molecule has 0 fully saturated rings. The van der Waals surface area contributed by atoms with Crippen LogP contribution in [0.3, 0.4) is 0 Å². The summed E-state index contributed by atoms with van der Waals surface area (Å²) in [4.78, 5) is 9.36. The molecule has 10 rings (SSSR count). The van der Waals surface area contributed by atoms with E-state index in [1.165, 1.54) is 33.9 Å². The summed E-state index contributed by atoms with van der Waals surface area (Å²) in [5.41, 5.74) is 15.8. The minimum absolute atomic E-state index is 0. The summed E-state index contributed by atoms with van der Waals surface area (Å²) < 4.78 is 39.2. The fraction of sp³-hybridized carbons (Fsp3) is 0.294. The minimum atomic E-state index is -0.597. The third-order valence-electron chi connectivity index (χ3n) is 14.8. The summed E-state index contributed by atoms with van der Waals surface area (Å²) in [6, 6.07) is 50.1. The van der Waals surface area contributed by atoms with Gasteiger partial charge in [-0.3, -0.25) is 0 Å². The van der Waals surface area contributed by atoms with Crippen molar-refractivity contribution in [2.24, 2.45) is 0 Å². The molecule has 0 radical (unpaired) electrons. The first-order chi connectivity index (χ1) is 35.6. The van der Waals surface area contributed by atoms with E-state index >= 15 is 4.39 Å². The van der Waals surface area contributed by atoms with E-state index in [2.05, 4.69) is 215 Å². The van der Waals surface area contributed by atoms with Gasteiger partial charge in [0.15, 0.2) is 0 Å². The van der Waals surface area contributed by atoms with Gasteiger partial charge in [-0.25, -0.2) is 13.8 Å². The monoisotopic (exact) mass is 1190 g/mol. The molecule has 0 saturated carbocycles. The van der Waals surface area contributed by atoms with Gasteiger partial charge in [0.2, 0.25) is 0 Å². The quantitative estimate of drug-likeness (QED) is 0.121. The average Bonchev–Trinajstić information content (AvgIpc) is 3.92. The van der Waals surface area contributed by atoms with Crippen molar-refractivity contribution in [1.29, 1.82) is 0 Å². The van der Waals surface area contributed by atoms with Gasteiger partial charge in [-0.05, 0) is 139 Å². The number of rotatable bonds is 11. The van der Waals surface area contributed by atoms with Gasteiger partial charge in [0, 0.05) is 73.0 Å². The Kier molecular flexibility index (Phi) is 14.8. The number of para-hydroxylation sites is 1. The number of nitrogens with zero attached hydrogens (tertiary/aromatic N) is 4. The molecule has 1 aliphatic rings. The third kappa shape index (κ3) is 10.1. The molecule has 0 unspecified atom stereocenters. The molecule has 9 aromatic rings. The van der Waals surface area contributed by atoms with Crippen molar-refractivity contribution in [3.05, 3.63) is 197 Å². The topological polar surface area (TPSA) is 33.5 Å². The second-order valence-corrected chi connectivity index (χ2v) is 23.7. The molecule has 0 atom stereocenters. The standard InChI is InChI=1S/C68H69F2N4O.Pt/c1-40(2)44-22-27-61-63(35-44)73(66-55(42(5)6)31-46(32-56(66)43(7)8)52-25-23-48(69)36-59(52)70)39-72(61)49-29-47(65-57(67(9,10)11)33-45(41(3)4)34-58(65)68(12,13)14)30-51(37-49)75-50-24-26-54-53-19-15-16-20-60(53)74(62(54)38-50)64-21-17-18-28-71-64;/h15-36,39-43H,1-14H3;/q-3;. The molecule has 0 N–H and O–H groups in total. The van der Waals surface area contributed by atoms with Gasteiger partial charge in [0.05, 0.1) is 0 Å². The summed E-state index contributed by atoms with van der Waals surface area (Å²) in [6.45, 7) is 33.8. The Morgan fingerprint density at radius 2 is 1.22 bits per heavy atom. The van der Waals surface area contributed by atoms with Crippen LogP contribution in [0.5, 0.6) is 11.5 Å². The predicted octanol–water partition coefficient (Wildman–Crippen LogP) is 19.7. The number of aromatic nitrogens is 2. The molecule has 1 aliphatic heterocycles. The molecule has 76 heavy (non-hydrogen) atoms. The molecule has 8 heteroatoms. The molecule has 0 saturated heterocycles. The largest absolute Gasteiger partial charge is 0.509 e. The maximum absolute atomic E-state index is 15.6. The second kappa shape index (κ2) is 20.8. The zero-order valence-corrected chi connectivity index (χ0v) is 48.6. The Morgan fingerprint density at radius 1 is 0.566 bits per heavy atom. The molecule has 0 amide bonds. The average molecular weight is 1190 g/mol. The number of ether oxygens (including phenoxy) is 1. The first-order valence-electron chi connectivity index (χ1n) is 26.6. The SMILES string of the molecule is CC(C)c1ccc2c(c1)N(c1c(C(C)C)cc(-c3ccc(F)cc3F)cc1C(C)C)[CH-]N2c1[c-]c(Oc2[c-]c3c(cc2)c2ccccc2n3-c2ccccn2)cc(-c2c(C(C)(C)C)cc(C(C)C)cc2C(C)(C)C)c1.[Pt]. The molecular formula is C68H69F2N4OPt-3. The Bertz CT molecular complexity index is 3570. The van der Waals surface area contributed by atoms with E-state index in [1.54, 1.807) is 6.07 Å². The van der Waals surface area contributed by atoms with E-state index < -0.39 is 11.6 Å². The molecule has 2 aromatic heterocycles. The van der Waals surface area contributed by atoms with Crippen LogP contribution in [0.4, 0.5) is 31.5 Å². The number of hydrogen-bond donors (Lipinski definition) is 0. The smallest absolute Gasteiger partial charge is 0.135 e. The zero-order valence-electron chi connectivity index (χ0n) is 46.4. The molecule has 0 aliphatic carbocycles. The van der Waals surface area contributed by atoms with Crippen molar-refractivity contribution in [3.63, 3.8) is 0 Å². The summed E-state index contributed by atoms with van der Waals surface area (Å²) in [6.07, 6.45) is 1.82. The Balaban J connectivity index is 0.00000706. The fourth-order valence-corrected chi connectivity index (χ4v) is 10.7. The first-order valence-corrected chi connectivity index (χ1v) is 26.6. The van der Waals surface area contributed by atoms with Crippen LogP contribution in [-0.2, 0) is 31.9 Å². The summed E-state index contributed by atoms with van der Waals surface area (Å²) in [7, 11) is 0. The van der Waals surface area contributed by atoms with Crippen LogP contribution in [0.1, 0.15) is 154 Å². The number of pyridine rings is 1. The number of hydrogen-bond acceptors (Lipinski definition) is 4. The predicted molar refractivity (Wildman–Crippen MR) is 309 cm³/mol. The van der Waals surface area contributed by atoms with Crippen molar-refractivity contribution in [2.45, 2.75) is 131 Å². The first kappa shape index (κ1) is 54.2. The van der Waals surface area contributed by atoms with E-state index in [4.69, 9.17) is 9.72 Å². The molecule has 394 valence electrons. The molecule has 3 heterocycles. The van der Waals surface area contributed by atoms with Crippen LogP contribution in [0.15, 0.2) is 134 Å². The van der Waals surface area contributed by atoms with Crippen LogP contribution in [-0.4, -0.2) is 9.55 Å². The zero-order chi connectivity index (χ0) is 53.4. The van der Waals surface area contributed by atoms with Crippen LogP contribution < -0.4 is 14.5 Å². The number of fused-ring (bicyclic) bond motifs is 4. The van der Waals surface area contributed by atoms with Crippen molar-refractivity contribution >= 4 is 44.6 Å². The van der Waals surface area contributed by atoms with Gasteiger partial charge in [-0.15, -0.1) is 53.6 Å². The van der Waals surface area contributed by atoms with E-state index in [9.17, 15) is 4.39 Å². The van der Waals surface area contributed by atoms with Gasteiger partial charge >= 0.3 is 0 Å². The molecular weight excluding hydrogens is 1120 g/mol. The number of halogens is 2. The van der Waals surface area contributed by atoms with E-state index in [1.807, 2.05) is 30.5 Å². The third-order valence-corrected chi connectivity index (χ3v) is 14.8. The van der Waals surface area contributed by atoms with Crippen molar-refractivity contribution in [2.75, 3.05) is 9.80 Å². The Labute approximate surface area is 464 Å². The maximum Gasteiger partial charge on any atom is 0.135 e. The van der Waals surface area contributed by atoms with Gasteiger partial charge in [0.1, 0.15) is 17.5 Å². The van der Waals surface area contributed by atoms with Crippen molar-refractivity contribution in [1.82, 2.24) is 9.55 Å². The molecule has 0 bridgehead atoms. The normalized spacial score (nSPS) is 13.0. The van der Waals surface area contributed by atoms with Gasteiger partial charge in [-0.1, -0.05) is 145 Å². The van der Waals surface area contributed by atoms with Gasteiger partial charge < -0.3 is 19.1 Å². The minimum Gasteiger partial charge on any atom is -0.509 e. The molecule has 5 nitrogen and oxygen atoms in total. The van der Waals surface area contributed by atoms with E-state index in [-0.39, 0.29) is 49.6 Å². The fourth-order valence-electron chi connectivity index (χ4n) is 10.7. The van der Waals surface area contributed by atoms with Crippen LogP contribution in [0.2, 0.25) is 0 Å². The van der Waals surface area contributed by atoms with E-state index in [0.717, 1.165) is 78.7 Å². The van der Waals surface area contributed by atoms with Crippen molar-refractivity contribution in [3.8, 4) is 39.6 Å². The molecule has 0 spiro atoms. The van der Waals surface area contributed by atoms with Crippen LogP contribution in [0.25, 0.3) is 49.9 Å².